The van der Waals surface area contributed by atoms with E-state index in [1.807, 2.05) is 0 Å². The van der Waals surface area contributed by atoms with Gasteiger partial charge in [0.05, 0.1) is 0 Å². The summed E-state index contributed by atoms with van der Waals surface area (Å²) >= 11 is 0. The third-order valence-electron chi connectivity index (χ3n) is 1.21. The smallest absolute Gasteiger partial charge is 0.330 e. The van der Waals surface area contributed by atoms with Crippen molar-refractivity contribution in [3.8, 4) is 0 Å². The van der Waals surface area contributed by atoms with Crippen LogP contribution in [0.1, 0.15) is 6.92 Å². The van der Waals surface area contributed by atoms with Crippen molar-refractivity contribution in [1.82, 2.24) is 5.48 Å². The number of halogens is 3. The van der Waals surface area contributed by atoms with Crippen LogP contribution in [0.25, 0.3) is 0 Å². The van der Waals surface area contributed by atoms with Crippen molar-refractivity contribution >= 4 is 5.91 Å². The van der Waals surface area contributed by atoms with E-state index >= 15 is 0 Å². The molecule has 0 aliphatic carbocycles. The van der Waals surface area contributed by atoms with Gasteiger partial charge in [-0.1, -0.05) is 6.92 Å². The number of alkyl halides is 3. The van der Waals surface area contributed by atoms with Crippen LogP contribution in [-0.2, 0) is 9.63 Å². The summed E-state index contributed by atoms with van der Waals surface area (Å²) in [5, 5.41) is 0. The number of hydroxylamine groups is 1. The first-order chi connectivity index (χ1) is 5.87. The molecule has 4 nitrogen and oxygen atoms in total. The van der Waals surface area contributed by atoms with E-state index in [2.05, 4.69) is 4.84 Å². The lowest BCUT2D eigenvalue weighted by molar-refractivity contribution is -0.192. The van der Waals surface area contributed by atoms with Crippen molar-refractivity contribution in [2.75, 3.05) is 13.2 Å². The summed E-state index contributed by atoms with van der Waals surface area (Å²) in [5.41, 5.74) is 6.74. The first-order valence-electron chi connectivity index (χ1n) is 3.55. The van der Waals surface area contributed by atoms with Crippen molar-refractivity contribution in [3.63, 3.8) is 0 Å². The molecule has 7 heteroatoms. The van der Waals surface area contributed by atoms with Gasteiger partial charge in [-0.15, -0.1) is 0 Å². The SMILES string of the molecule is CC(CN)C(=O)NOCC(F)(F)F. The fourth-order valence-corrected chi connectivity index (χ4v) is 0.397. The number of amides is 1. The first-order valence-corrected chi connectivity index (χ1v) is 3.55. The molecular formula is C6H11F3N2O2. The molecule has 0 aliphatic heterocycles. The predicted molar refractivity (Wildman–Crippen MR) is 38.4 cm³/mol. The van der Waals surface area contributed by atoms with E-state index in [0.29, 0.717) is 0 Å². The largest absolute Gasteiger partial charge is 0.414 e. The van der Waals surface area contributed by atoms with Crippen LogP contribution in [-0.4, -0.2) is 25.2 Å². The van der Waals surface area contributed by atoms with Gasteiger partial charge >= 0.3 is 6.18 Å². The van der Waals surface area contributed by atoms with Gasteiger partial charge in [0, 0.05) is 12.5 Å². The maximum absolute atomic E-state index is 11.5. The normalized spacial score (nSPS) is 13.9. The molecule has 0 bridgehead atoms. The summed E-state index contributed by atoms with van der Waals surface area (Å²) in [6.45, 7) is 0.0313. The maximum atomic E-state index is 11.5. The second-order valence-electron chi connectivity index (χ2n) is 2.51. The zero-order chi connectivity index (χ0) is 10.5. The summed E-state index contributed by atoms with van der Waals surface area (Å²) < 4.78 is 34.5. The summed E-state index contributed by atoms with van der Waals surface area (Å²) in [5.74, 6) is -1.22. The Morgan fingerprint density at radius 3 is 2.54 bits per heavy atom. The van der Waals surface area contributed by atoms with Gasteiger partial charge in [-0.05, 0) is 0 Å². The van der Waals surface area contributed by atoms with Crippen LogP contribution in [0.5, 0.6) is 0 Å². The quantitative estimate of drug-likeness (QED) is 0.637. The Morgan fingerprint density at radius 2 is 2.15 bits per heavy atom. The summed E-state index contributed by atoms with van der Waals surface area (Å²) in [4.78, 5) is 14.7. The van der Waals surface area contributed by atoms with Gasteiger partial charge in [0.15, 0.2) is 6.61 Å². The van der Waals surface area contributed by atoms with Crippen LogP contribution in [0, 0.1) is 5.92 Å². The Hall–Kier alpha value is -0.820. The molecule has 1 unspecified atom stereocenters. The molecule has 3 N–H and O–H groups in total. The van der Waals surface area contributed by atoms with Crippen molar-refractivity contribution in [2.24, 2.45) is 11.7 Å². The lowest BCUT2D eigenvalue weighted by atomic mass is 10.2. The Bertz CT molecular complexity index is 172. The Balaban J connectivity index is 3.60. The topological polar surface area (TPSA) is 64.4 Å². The molecule has 0 aromatic rings. The monoisotopic (exact) mass is 200 g/mol. The highest BCUT2D eigenvalue weighted by Crippen LogP contribution is 2.13. The van der Waals surface area contributed by atoms with Crippen molar-refractivity contribution in [3.05, 3.63) is 0 Å². The zero-order valence-electron chi connectivity index (χ0n) is 7.02. The Morgan fingerprint density at radius 1 is 1.62 bits per heavy atom. The fraction of sp³-hybridized carbons (Fsp3) is 0.833. The van der Waals surface area contributed by atoms with Gasteiger partial charge in [0.25, 0.3) is 0 Å². The molecule has 13 heavy (non-hydrogen) atoms. The summed E-state index contributed by atoms with van der Waals surface area (Å²) in [6.07, 6.45) is -4.45. The molecule has 0 saturated heterocycles. The molecule has 0 aromatic carbocycles. The lowest BCUT2D eigenvalue weighted by Gasteiger charge is -2.10. The van der Waals surface area contributed by atoms with E-state index < -0.39 is 24.6 Å². The molecule has 1 atom stereocenters. The molecular weight excluding hydrogens is 189 g/mol. The second-order valence-corrected chi connectivity index (χ2v) is 2.51. The molecule has 0 heterocycles. The van der Waals surface area contributed by atoms with E-state index in [1.54, 1.807) is 5.48 Å². The molecule has 78 valence electrons. The zero-order valence-corrected chi connectivity index (χ0v) is 7.02. The van der Waals surface area contributed by atoms with Crippen LogP contribution in [0.3, 0.4) is 0 Å². The second kappa shape index (κ2) is 5.03. The van der Waals surface area contributed by atoms with Gasteiger partial charge in [0.1, 0.15) is 0 Å². The number of nitrogens with two attached hydrogens (primary N) is 1. The van der Waals surface area contributed by atoms with E-state index in [9.17, 15) is 18.0 Å². The lowest BCUT2D eigenvalue weighted by Crippen LogP contribution is -2.35. The van der Waals surface area contributed by atoms with Gasteiger partial charge < -0.3 is 5.73 Å². The molecule has 0 rings (SSSR count). The third-order valence-corrected chi connectivity index (χ3v) is 1.21. The highest BCUT2D eigenvalue weighted by Gasteiger charge is 2.28. The van der Waals surface area contributed by atoms with Crippen LogP contribution in [0.15, 0.2) is 0 Å². The number of carbonyl (C=O) groups is 1. The molecule has 0 saturated carbocycles. The van der Waals surface area contributed by atoms with Gasteiger partial charge in [0.2, 0.25) is 5.91 Å². The van der Waals surface area contributed by atoms with Gasteiger partial charge in [-0.25, -0.2) is 5.48 Å². The van der Waals surface area contributed by atoms with E-state index in [1.165, 1.54) is 6.92 Å². The third kappa shape index (κ3) is 6.35. The Labute approximate surface area is 73.2 Å². The molecule has 0 fully saturated rings. The minimum Gasteiger partial charge on any atom is -0.330 e. The molecule has 0 spiro atoms. The number of hydrogen-bond donors (Lipinski definition) is 2. The number of carbonyl (C=O) groups excluding carboxylic acids is 1. The standard InChI is InChI=1S/C6H11F3N2O2/c1-4(2-10)5(12)11-13-3-6(7,8)9/h4H,2-3,10H2,1H3,(H,11,12). The summed E-state index contributed by atoms with van der Waals surface area (Å²) in [6, 6.07) is 0. The van der Waals surface area contributed by atoms with E-state index in [0.717, 1.165) is 0 Å². The molecule has 0 aliphatic rings. The Kier molecular flexibility index (Phi) is 4.71. The highest BCUT2D eigenvalue weighted by molar-refractivity contribution is 5.77. The molecule has 0 aromatic heterocycles. The van der Waals surface area contributed by atoms with Crippen LogP contribution in [0.2, 0.25) is 0 Å². The van der Waals surface area contributed by atoms with E-state index in [4.69, 9.17) is 5.73 Å². The minimum atomic E-state index is -4.45. The van der Waals surface area contributed by atoms with Crippen LogP contribution < -0.4 is 11.2 Å². The molecule has 1 amide bonds. The maximum Gasteiger partial charge on any atom is 0.414 e. The number of rotatable bonds is 4. The van der Waals surface area contributed by atoms with Crippen molar-refractivity contribution < 1.29 is 22.8 Å². The first kappa shape index (κ1) is 12.2. The van der Waals surface area contributed by atoms with Crippen molar-refractivity contribution in [2.45, 2.75) is 13.1 Å². The number of hydrogen-bond acceptors (Lipinski definition) is 3. The predicted octanol–water partition coefficient (Wildman–Crippen LogP) is 0.191. The molecule has 0 radical (unpaired) electrons. The number of nitrogens with one attached hydrogen (secondary N) is 1. The minimum absolute atomic E-state index is 0.0568. The average Bonchev–Trinajstić information content (AvgIpc) is 2.00. The van der Waals surface area contributed by atoms with Crippen LogP contribution in [0.4, 0.5) is 13.2 Å². The average molecular weight is 200 g/mol. The van der Waals surface area contributed by atoms with Gasteiger partial charge in [-0.3, -0.25) is 9.63 Å². The van der Waals surface area contributed by atoms with Crippen LogP contribution >= 0.6 is 0 Å². The van der Waals surface area contributed by atoms with Gasteiger partial charge in [-0.2, -0.15) is 13.2 Å². The summed E-state index contributed by atoms with van der Waals surface area (Å²) in [7, 11) is 0. The fourth-order valence-electron chi connectivity index (χ4n) is 0.397. The van der Waals surface area contributed by atoms with E-state index in [-0.39, 0.29) is 6.54 Å². The highest BCUT2D eigenvalue weighted by atomic mass is 19.4. The van der Waals surface area contributed by atoms with Crippen molar-refractivity contribution in [1.29, 1.82) is 0 Å².